The molecule has 0 spiro atoms. The van der Waals surface area contributed by atoms with E-state index in [-0.39, 0.29) is 5.91 Å². The number of rotatable bonds is 6. The van der Waals surface area contributed by atoms with Crippen molar-refractivity contribution in [2.24, 2.45) is 5.10 Å². The lowest BCUT2D eigenvalue weighted by atomic mass is 9.97. The number of nitrogens with one attached hydrogen (secondary N) is 1. The summed E-state index contributed by atoms with van der Waals surface area (Å²) in [7, 11) is 0. The molecule has 0 bridgehead atoms. The number of carbonyl (C=O) groups excluding carboxylic acids is 1. The molecule has 0 aliphatic carbocycles. The van der Waals surface area contributed by atoms with Crippen LogP contribution in [0.2, 0.25) is 0 Å². The number of hydrazone groups is 1. The molecule has 166 valence electrons. The van der Waals surface area contributed by atoms with E-state index in [1.807, 2.05) is 36.4 Å². The summed E-state index contributed by atoms with van der Waals surface area (Å²) in [6, 6.07) is 33.8. The topological polar surface area (TPSA) is 50.7 Å². The first-order valence-corrected chi connectivity index (χ1v) is 11.2. The predicted molar refractivity (Wildman–Crippen MR) is 138 cm³/mol. The standard InChI is InChI=1S/C30H24N2O2/c1-21-10-12-22(13-11-21)20-34-26-16-14-23(15-17-26)30(33)32-31-19-29-27-8-4-2-6-24(27)18-25-7-3-5-9-28(25)29/h2-19H,20H2,1H3,(H,32,33)/b31-19+. The number of nitrogens with zero attached hydrogens (tertiary/aromatic N) is 1. The Bertz CT molecular complexity index is 1430. The lowest BCUT2D eigenvalue weighted by Gasteiger charge is -2.08. The maximum Gasteiger partial charge on any atom is 0.271 e. The van der Waals surface area contributed by atoms with Gasteiger partial charge in [-0.15, -0.1) is 0 Å². The zero-order valence-electron chi connectivity index (χ0n) is 18.9. The molecule has 34 heavy (non-hydrogen) atoms. The third kappa shape index (κ3) is 4.66. The maximum atomic E-state index is 12.6. The normalized spacial score (nSPS) is 11.2. The van der Waals surface area contributed by atoms with Gasteiger partial charge >= 0.3 is 0 Å². The van der Waals surface area contributed by atoms with Gasteiger partial charge in [0, 0.05) is 11.1 Å². The maximum absolute atomic E-state index is 12.6. The number of ether oxygens (including phenoxy) is 1. The molecule has 4 nitrogen and oxygen atoms in total. The molecular formula is C30H24N2O2. The van der Waals surface area contributed by atoms with Crippen LogP contribution in [0.15, 0.2) is 108 Å². The largest absolute Gasteiger partial charge is 0.489 e. The predicted octanol–water partition coefficient (Wildman–Crippen LogP) is 6.64. The first kappa shape index (κ1) is 21.4. The van der Waals surface area contributed by atoms with Crippen LogP contribution >= 0.6 is 0 Å². The van der Waals surface area contributed by atoms with E-state index >= 15 is 0 Å². The van der Waals surface area contributed by atoms with E-state index in [1.54, 1.807) is 30.5 Å². The van der Waals surface area contributed by atoms with Gasteiger partial charge in [-0.3, -0.25) is 4.79 Å². The first-order valence-electron chi connectivity index (χ1n) is 11.2. The molecule has 1 amide bonds. The zero-order valence-corrected chi connectivity index (χ0v) is 18.9. The van der Waals surface area contributed by atoms with Crippen molar-refractivity contribution < 1.29 is 9.53 Å². The second kappa shape index (κ2) is 9.59. The molecule has 5 aromatic rings. The molecule has 0 heterocycles. The molecule has 4 heteroatoms. The van der Waals surface area contributed by atoms with Crippen molar-refractivity contribution >= 4 is 33.7 Å². The van der Waals surface area contributed by atoms with E-state index in [2.05, 4.69) is 59.9 Å². The van der Waals surface area contributed by atoms with Crippen LogP contribution in [0.4, 0.5) is 0 Å². The molecule has 0 fully saturated rings. The van der Waals surface area contributed by atoms with Gasteiger partial charge in [0.2, 0.25) is 0 Å². The van der Waals surface area contributed by atoms with Gasteiger partial charge in [-0.1, -0.05) is 78.4 Å². The number of fused-ring (bicyclic) bond motifs is 2. The quantitative estimate of drug-likeness (QED) is 0.181. The summed E-state index contributed by atoms with van der Waals surface area (Å²) >= 11 is 0. The van der Waals surface area contributed by atoms with Crippen molar-refractivity contribution in [1.29, 1.82) is 0 Å². The molecule has 1 N–H and O–H groups in total. The Kier molecular flexibility index (Phi) is 6.04. The molecule has 0 aliphatic rings. The lowest BCUT2D eigenvalue weighted by Crippen LogP contribution is -2.17. The molecule has 0 aliphatic heterocycles. The third-order valence-electron chi connectivity index (χ3n) is 5.82. The third-order valence-corrected chi connectivity index (χ3v) is 5.82. The highest BCUT2D eigenvalue weighted by Crippen LogP contribution is 2.27. The van der Waals surface area contributed by atoms with Crippen LogP contribution in [0.3, 0.4) is 0 Å². The molecule has 0 saturated carbocycles. The van der Waals surface area contributed by atoms with Crippen molar-refractivity contribution in [1.82, 2.24) is 5.43 Å². The summed E-state index contributed by atoms with van der Waals surface area (Å²) in [5.41, 5.74) is 6.46. The van der Waals surface area contributed by atoms with Gasteiger partial charge in [-0.25, -0.2) is 5.43 Å². The molecular weight excluding hydrogens is 420 g/mol. The van der Waals surface area contributed by atoms with Crippen molar-refractivity contribution in [2.45, 2.75) is 13.5 Å². The van der Waals surface area contributed by atoms with E-state index in [0.717, 1.165) is 32.7 Å². The molecule has 5 rings (SSSR count). The Labute approximate surface area is 198 Å². The highest BCUT2D eigenvalue weighted by molar-refractivity contribution is 6.13. The van der Waals surface area contributed by atoms with Crippen LogP contribution in [-0.2, 0) is 6.61 Å². The van der Waals surface area contributed by atoms with Crippen LogP contribution in [0.5, 0.6) is 5.75 Å². The fourth-order valence-electron chi connectivity index (χ4n) is 3.96. The highest BCUT2D eigenvalue weighted by Gasteiger charge is 2.07. The summed E-state index contributed by atoms with van der Waals surface area (Å²) in [5.74, 6) is 0.439. The van der Waals surface area contributed by atoms with Crippen LogP contribution < -0.4 is 10.2 Å². The number of amides is 1. The van der Waals surface area contributed by atoms with Gasteiger partial charge in [0.15, 0.2) is 0 Å². The minimum atomic E-state index is -0.272. The van der Waals surface area contributed by atoms with Crippen molar-refractivity contribution in [2.75, 3.05) is 0 Å². The van der Waals surface area contributed by atoms with E-state index in [9.17, 15) is 4.79 Å². The first-order chi connectivity index (χ1) is 16.7. The van der Waals surface area contributed by atoms with E-state index in [4.69, 9.17) is 4.74 Å². The number of carbonyl (C=O) groups is 1. The summed E-state index contributed by atoms with van der Waals surface area (Å²) in [6.07, 6.45) is 1.72. The highest BCUT2D eigenvalue weighted by atomic mass is 16.5. The zero-order chi connectivity index (χ0) is 23.3. The second-order valence-corrected chi connectivity index (χ2v) is 8.23. The molecule has 5 aromatic carbocycles. The van der Waals surface area contributed by atoms with Gasteiger partial charge in [-0.05, 0) is 64.4 Å². The summed E-state index contributed by atoms with van der Waals surface area (Å²) < 4.78 is 5.83. The Balaban J connectivity index is 1.28. The van der Waals surface area contributed by atoms with Crippen LogP contribution in [0.1, 0.15) is 27.0 Å². The summed E-state index contributed by atoms with van der Waals surface area (Å²) in [6.45, 7) is 2.54. The molecule has 0 radical (unpaired) electrons. The van der Waals surface area contributed by atoms with E-state index in [1.165, 1.54) is 5.56 Å². The average Bonchev–Trinajstić information content (AvgIpc) is 2.88. The smallest absolute Gasteiger partial charge is 0.271 e. The Hall–Kier alpha value is -4.44. The van der Waals surface area contributed by atoms with Crippen LogP contribution in [-0.4, -0.2) is 12.1 Å². The summed E-state index contributed by atoms with van der Waals surface area (Å²) in [5, 5.41) is 8.72. The number of benzene rings is 5. The SMILES string of the molecule is Cc1ccc(COc2ccc(C(=O)N/N=C/c3c4ccccc4cc4ccccc34)cc2)cc1. The van der Waals surface area contributed by atoms with Gasteiger partial charge in [-0.2, -0.15) is 5.10 Å². The van der Waals surface area contributed by atoms with Gasteiger partial charge in [0.25, 0.3) is 5.91 Å². The minimum absolute atomic E-state index is 0.272. The fraction of sp³-hybridized carbons (Fsp3) is 0.0667. The van der Waals surface area contributed by atoms with Gasteiger partial charge in [0.05, 0.1) is 6.21 Å². The van der Waals surface area contributed by atoms with Crippen LogP contribution in [0.25, 0.3) is 21.5 Å². The Morgan fingerprint density at radius 3 is 2.09 bits per heavy atom. The average molecular weight is 445 g/mol. The number of aryl methyl sites for hydroxylation is 1. The monoisotopic (exact) mass is 444 g/mol. The van der Waals surface area contributed by atoms with Crippen LogP contribution in [0, 0.1) is 6.92 Å². The molecule has 0 atom stereocenters. The number of hydrogen-bond donors (Lipinski definition) is 1. The Morgan fingerprint density at radius 1 is 0.824 bits per heavy atom. The Morgan fingerprint density at radius 2 is 1.44 bits per heavy atom. The van der Waals surface area contributed by atoms with E-state index < -0.39 is 0 Å². The molecule has 0 unspecified atom stereocenters. The molecule has 0 saturated heterocycles. The lowest BCUT2D eigenvalue weighted by molar-refractivity contribution is 0.0955. The summed E-state index contributed by atoms with van der Waals surface area (Å²) in [4.78, 5) is 12.6. The number of hydrogen-bond acceptors (Lipinski definition) is 3. The molecule has 0 aromatic heterocycles. The van der Waals surface area contributed by atoms with Crippen molar-refractivity contribution in [3.8, 4) is 5.75 Å². The fourth-order valence-corrected chi connectivity index (χ4v) is 3.96. The van der Waals surface area contributed by atoms with Gasteiger partial charge < -0.3 is 4.74 Å². The van der Waals surface area contributed by atoms with Crippen molar-refractivity contribution in [3.05, 3.63) is 125 Å². The van der Waals surface area contributed by atoms with Gasteiger partial charge in [0.1, 0.15) is 12.4 Å². The van der Waals surface area contributed by atoms with Crippen molar-refractivity contribution in [3.63, 3.8) is 0 Å². The van der Waals surface area contributed by atoms with E-state index in [0.29, 0.717) is 17.9 Å². The second-order valence-electron chi connectivity index (χ2n) is 8.23. The minimum Gasteiger partial charge on any atom is -0.489 e.